The third kappa shape index (κ3) is 38.9. The van der Waals surface area contributed by atoms with Gasteiger partial charge in [-0.05, 0) is 36.4 Å². The minimum Gasteiger partial charge on any atom is -1.00 e. The van der Waals surface area contributed by atoms with E-state index < -0.39 is 7.15 Å². The maximum Gasteiger partial charge on any atom is 1.00 e. The number of hydrogen-bond acceptors (Lipinski definition) is 7. The van der Waals surface area contributed by atoms with Crippen molar-refractivity contribution in [2.24, 2.45) is 0 Å². The van der Waals surface area contributed by atoms with E-state index in [0.29, 0.717) is 27.7 Å². The molecule has 0 atom stereocenters. The van der Waals surface area contributed by atoms with Crippen LogP contribution in [0.5, 0.6) is 11.5 Å². The number of carbonyl (C=O) groups is 1. The summed E-state index contributed by atoms with van der Waals surface area (Å²) in [7, 11) is -1.00. The summed E-state index contributed by atoms with van der Waals surface area (Å²) in [6.45, 7) is 0.382. The Kier molecular flexibility index (Phi) is 54.4. The van der Waals surface area contributed by atoms with Crippen molar-refractivity contribution >= 4 is 45.6 Å². The Morgan fingerprint density at radius 2 is 1.59 bits per heavy atom. The van der Waals surface area contributed by atoms with E-state index in [0.717, 1.165) is 0 Å². The van der Waals surface area contributed by atoms with E-state index >= 15 is 0 Å². The van der Waals surface area contributed by atoms with Gasteiger partial charge >= 0.3 is 103 Å². The molecule has 13 heteroatoms. The predicted molar refractivity (Wildman–Crippen MR) is 120 cm³/mol. The molecular formula is C19H28BrCl2FK2O7. The molecule has 3 N–H and O–H groups in total. The van der Waals surface area contributed by atoms with Gasteiger partial charge in [0.15, 0.2) is 0 Å². The number of benzene rings is 2. The van der Waals surface area contributed by atoms with Crippen molar-refractivity contribution in [1.29, 1.82) is 0 Å². The van der Waals surface area contributed by atoms with Gasteiger partial charge < -0.3 is 31.6 Å². The van der Waals surface area contributed by atoms with E-state index in [1.54, 1.807) is 42.5 Å². The summed E-state index contributed by atoms with van der Waals surface area (Å²) in [5.41, 5.74) is 0. The average molecular weight is 617 g/mol. The number of hydrogen-bond donors (Lipinski definition) is 3. The van der Waals surface area contributed by atoms with E-state index in [-0.39, 0.29) is 137 Å². The minimum atomic E-state index is -1.00. The van der Waals surface area contributed by atoms with Crippen molar-refractivity contribution in [3.8, 4) is 11.5 Å². The molecule has 2 aromatic rings. The number of phenols is 1. The molecule has 0 aliphatic carbocycles. The number of phenolic OH excluding ortho intramolecular Hbond substituents is 1. The number of ether oxygens (including phenoxy) is 1. The number of aliphatic hydroxyl groups is 2. The van der Waals surface area contributed by atoms with Crippen LogP contribution in [0.25, 0.3) is 0 Å². The minimum absolute atomic E-state index is 0. The third-order valence-electron chi connectivity index (χ3n) is 2.09. The number of rotatable bonds is 5. The van der Waals surface area contributed by atoms with Crippen molar-refractivity contribution in [2.75, 3.05) is 32.3 Å². The van der Waals surface area contributed by atoms with Crippen LogP contribution in [0.2, 0.25) is 10.0 Å². The van der Waals surface area contributed by atoms with Gasteiger partial charge in [-0.3, -0.25) is 9.18 Å². The van der Waals surface area contributed by atoms with Crippen LogP contribution in [0.3, 0.4) is 0 Å². The molecule has 0 spiro atoms. The van der Waals surface area contributed by atoms with Crippen LogP contribution in [0.1, 0.15) is 10.2 Å². The Morgan fingerprint density at radius 1 is 1.16 bits per heavy atom. The molecule has 0 bridgehead atoms. The molecule has 2 rings (SSSR count). The molecule has 0 heterocycles. The van der Waals surface area contributed by atoms with Gasteiger partial charge in [0.25, 0.3) is 6.47 Å². The molecule has 2 aromatic carbocycles. The molecule has 0 amide bonds. The molecule has 0 saturated heterocycles. The van der Waals surface area contributed by atoms with Crippen LogP contribution in [0, 0.1) is 0 Å². The van der Waals surface area contributed by atoms with Crippen molar-refractivity contribution in [1.82, 2.24) is 0 Å². The molecule has 0 unspecified atom stereocenters. The van der Waals surface area contributed by atoms with Crippen molar-refractivity contribution in [3.63, 3.8) is 0 Å². The zero-order valence-electron chi connectivity index (χ0n) is 19.2. The van der Waals surface area contributed by atoms with Crippen LogP contribution in [-0.2, 0) is 9.68 Å². The van der Waals surface area contributed by atoms with Gasteiger partial charge in [0.05, 0.1) is 21.7 Å². The summed E-state index contributed by atoms with van der Waals surface area (Å²) < 4.78 is 20.6. The Bertz CT molecular complexity index is 627. The first-order valence-corrected chi connectivity index (χ1v) is 9.42. The maximum absolute atomic E-state index is 9.96. The first-order chi connectivity index (χ1) is 14.4. The van der Waals surface area contributed by atoms with E-state index in [1.807, 2.05) is 0 Å². The number of carbonyl (C=O) groups excluding carboxylic acids is 1. The second-order valence-corrected chi connectivity index (χ2v) is 5.78. The number of aliphatic hydroxyl groups excluding tert-OH is 2. The van der Waals surface area contributed by atoms with Gasteiger partial charge in [-0.2, -0.15) is 0 Å². The molecule has 0 aliphatic rings. The Morgan fingerprint density at radius 3 is 1.88 bits per heavy atom. The predicted octanol–water partition coefficient (Wildman–Crippen LogP) is -2.09. The Hall–Kier alpha value is 1.65. The first-order valence-electron chi connectivity index (χ1n) is 8.25. The summed E-state index contributed by atoms with van der Waals surface area (Å²) in [5.74, 6) is 0.893. The van der Waals surface area contributed by atoms with Gasteiger partial charge in [-0.25, -0.2) is 0 Å². The number of alkyl halides is 2. The molecule has 0 aliphatic heterocycles. The topological polar surface area (TPSA) is 119 Å². The maximum atomic E-state index is 9.96. The molecule has 0 radical (unpaired) electrons. The molecular weight excluding hydrogens is 588 g/mol. The normalized spacial score (nSPS) is 7.78. The van der Waals surface area contributed by atoms with Crippen LogP contribution >= 0.6 is 39.1 Å². The van der Waals surface area contributed by atoms with Gasteiger partial charge in [-0.15, -0.1) is 0 Å². The molecule has 176 valence electrons. The van der Waals surface area contributed by atoms with Crippen molar-refractivity contribution in [2.45, 2.75) is 7.43 Å². The average Bonchev–Trinajstić information content (AvgIpc) is 2.73. The molecule has 0 saturated carbocycles. The van der Waals surface area contributed by atoms with Gasteiger partial charge in [-0.1, -0.05) is 58.7 Å². The molecule has 0 fully saturated rings. The fraction of sp³-hybridized carbons (Fsp3) is 0.316. The second-order valence-electron chi connectivity index (χ2n) is 4.11. The zero-order valence-corrected chi connectivity index (χ0v) is 26.6. The van der Waals surface area contributed by atoms with Gasteiger partial charge in [0, 0.05) is 15.4 Å². The van der Waals surface area contributed by atoms with E-state index in [1.165, 1.54) is 6.07 Å². The van der Waals surface area contributed by atoms with E-state index in [2.05, 4.69) is 20.8 Å². The van der Waals surface area contributed by atoms with Crippen LogP contribution in [0.15, 0.2) is 48.5 Å². The molecule has 7 nitrogen and oxygen atoms in total. The quantitative estimate of drug-likeness (QED) is 0.116. The summed E-state index contributed by atoms with van der Waals surface area (Å²) in [6, 6.07) is 13.5. The van der Waals surface area contributed by atoms with Crippen LogP contribution in [0.4, 0.5) is 4.39 Å². The van der Waals surface area contributed by atoms with Crippen LogP contribution < -0.4 is 113 Å². The Balaban J connectivity index is -0.0000000567. The second kappa shape index (κ2) is 39.8. The summed E-state index contributed by atoms with van der Waals surface area (Å²) in [4.78, 5) is 11.2. The smallest absolute Gasteiger partial charge is 1.00 e. The first kappa shape index (κ1) is 43.7. The van der Waals surface area contributed by atoms with Gasteiger partial charge in [0.2, 0.25) is 0 Å². The van der Waals surface area contributed by atoms with E-state index in [4.69, 9.17) is 54.7 Å². The van der Waals surface area contributed by atoms with Crippen LogP contribution in [-0.4, -0.2) is 54.1 Å². The number of aromatic hydroxyl groups is 1. The fourth-order valence-corrected chi connectivity index (χ4v) is 1.56. The standard InChI is InChI=1S/C8H9ClO2.C6H5ClO.C2H5BrO.CH3F.CH2O3.CH4.2K.H/c9-7-2-1-3-8(6-7)11-5-4-10;7-5-2-1-3-6(8)4-5;3-1-2-4;1-2;2-1-4-3;;;;/h1-3,6,10H,4-5H2;1-4,8H;4H,1-2H2;1H3;1,3H;1H4;;;/q;;;;;;2*+1;-1/p-1/i;;;1D;;;;;. The van der Waals surface area contributed by atoms with Crippen molar-refractivity contribution in [3.05, 3.63) is 58.6 Å². The Labute approximate surface area is 295 Å². The zero-order chi connectivity index (χ0) is 23.6. The largest absolute Gasteiger partial charge is 1.00 e. The van der Waals surface area contributed by atoms with Crippen molar-refractivity contribution < 1.29 is 145 Å². The molecule has 0 aromatic heterocycles. The van der Waals surface area contributed by atoms with Gasteiger partial charge in [0.1, 0.15) is 18.1 Å². The fourth-order valence-electron chi connectivity index (χ4n) is 1.20. The number of halogens is 4. The summed E-state index contributed by atoms with van der Waals surface area (Å²) >= 11 is 14.2. The summed E-state index contributed by atoms with van der Waals surface area (Å²) in [6.07, 6.45) is 0. The van der Waals surface area contributed by atoms with E-state index in [9.17, 15) is 4.39 Å². The monoisotopic (exact) mass is 615 g/mol. The SMILES string of the molecule is C.O=CO[O-].OCCBr.OCCOc1cccc(Cl)c1.Oc1cccc(Cl)c1.[2H]CF.[H-].[K+].[K+]. The summed E-state index contributed by atoms with van der Waals surface area (Å²) in [5, 5.41) is 35.3. The third-order valence-corrected chi connectivity index (χ3v) is 2.91. The molecule has 32 heavy (non-hydrogen) atoms.